The monoisotopic (exact) mass is 482 g/mol. The maximum absolute atomic E-state index is 13.7. The van der Waals surface area contributed by atoms with Crippen LogP contribution >= 0.6 is 0 Å². The van der Waals surface area contributed by atoms with Crippen LogP contribution in [-0.2, 0) is 16.1 Å². The van der Waals surface area contributed by atoms with E-state index in [2.05, 4.69) is 5.32 Å². The Balaban J connectivity index is 1.49. The summed E-state index contributed by atoms with van der Waals surface area (Å²) >= 11 is 0. The first-order valence-electron chi connectivity index (χ1n) is 11.2. The van der Waals surface area contributed by atoms with Crippen LogP contribution < -0.4 is 10.6 Å². The molecule has 2 fully saturated rings. The molecule has 1 aliphatic heterocycles. The highest BCUT2D eigenvalue weighted by Gasteiger charge is 2.72. The van der Waals surface area contributed by atoms with E-state index in [0.717, 1.165) is 12.8 Å². The largest absolute Gasteiger partial charge is 0.351 e. The van der Waals surface area contributed by atoms with Gasteiger partial charge in [-0.3, -0.25) is 19.8 Å². The van der Waals surface area contributed by atoms with Gasteiger partial charge in [0.25, 0.3) is 17.7 Å². The molecule has 1 heterocycles. The second kappa shape index (κ2) is 8.06. The van der Waals surface area contributed by atoms with Crippen molar-refractivity contribution in [3.63, 3.8) is 0 Å². The Bertz CT molecular complexity index is 1070. The maximum Gasteiger partial charge on any atom is 0.322 e. The average molecular weight is 482 g/mol. The summed E-state index contributed by atoms with van der Waals surface area (Å²) < 4.78 is 53.6. The number of amidine groups is 1. The first-order valence-corrected chi connectivity index (χ1v) is 11.2. The van der Waals surface area contributed by atoms with E-state index in [4.69, 9.17) is 5.41 Å². The summed E-state index contributed by atoms with van der Waals surface area (Å²) in [5.41, 5.74) is -0.688. The van der Waals surface area contributed by atoms with E-state index in [9.17, 15) is 31.9 Å². The maximum atomic E-state index is 13.7. The van der Waals surface area contributed by atoms with Gasteiger partial charge in [-0.15, -0.1) is 0 Å². The Morgan fingerprint density at radius 1 is 1.21 bits per heavy atom. The smallest absolute Gasteiger partial charge is 0.322 e. The zero-order chi connectivity index (χ0) is 25.1. The molecule has 0 bridgehead atoms. The van der Waals surface area contributed by atoms with E-state index >= 15 is 0 Å². The topological polar surface area (TPSA) is 102 Å². The van der Waals surface area contributed by atoms with Crippen LogP contribution in [0.15, 0.2) is 18.2 Å². The first-order chi connectivity index (χ1) is 15.7. The van der Waals surface area contributed by atoms with Gasteiger partial charge < -0.3 is 15.5 Å². The Labute approximate surface area is 193 Å². The molecule has 1 aromatic carbocycles. The molecule has 34 heavy (non-hydrogen) atoms. The second-order valence-corrected chi connectivity index (χ2v) is 9.67. The molecule has 2 saturated carbocycles. The lowest BCUT2D eigenvalue weighted by Gasteiger charge is -2.38. The molecule has 0 spiro atoms. The lowest BCUT2D eigenvalue weighted by molar-refractivity contribution is -0.141. The fourth-order valence-corrected chi connectivity index (χ4v) is 4.67. The molecule has 0 radical (unpaired) electrons. The zero-order valence-electron chi connectivity index (χ0n) is 18.8. The van der Waals surface area contributed by atoms with Crippen molar-refractivity contribution in [3.8, 4) is 0 Å². The Hall–Kier alpha value is -2.98. The Kier molecular flexibility index (Phi) is 5.72. The number of carbonyl (C=O) groups is 3. The van der Waals surface area contributed by atoms with E-state index in [1.54, 1.807) is 11.0 Å². The number of nitrogens with one attached hydrogen (secondary N) is 3. The minimum Gasteiger partial charge on any atom is -0.351 e. The number of alkyl halides is 4. The third kappa shape index (κ3) is 4.16. The first kappa shape index (κ1) is 24.2. The molecule has 4 rings (SSSR count). The van der Waals surface area contributed by atoms with Gasteiger partial charge in [0.15, 0.2) is 0 Å². The number of halogens is 4. The fraction of sp³-hybridized carbons (Fsp3) is 0.565. The third-order valence-electron chi connectivity index (χ3n) is 7.07. The molecule has 0 saturated heterocycles. The van der Waals surface area contributed by atoms with Crippen molar-refractivity contribution in [2.24, 2.45) is 5.41 Å². The summed E-state index contributed by atoms with van der Waals surface area (Å²) in [6.07, 6.45) is 2.28. The predicted molar refractivity (Wildman–Crippen MR) is 114 cm³/mol. The molecular formula is C23H26F4N4O3. The predicted octanol–water partition coefficient (Wildman–Crippen LogP) is 3.21. The van der Waals surface area contributed by atoms with Crippen LogP contribution in [0.3, 0.4) is 0 Å². The van der Waals surface area contributed by atoms with Gasteiger partial charge in [0, 0.05) is 37.1 Å². The summed E-state index contributed by atoms with van der Waals surface area (Å²) in [6, 6.07) is 3.58. The van der Waals surface area contributed by atoms with E-state index < -0.39 is 47.4 Å². The number of hydrogen-bond acceptors (Lipinski definition) is 4. The molecule has 3 N–H and O–H groups in total. The van der Waals surface area contributed by atoms with Crippen molar-refractivity contribution < 1.29 is 31.9 Å². The highest BCUT2D eigenvalue weighted by Crippen LogP contribution is 2.60. The third-order valence-corrected chi connectivity index (χ3v) is 7.07. The van der Waals surface area contributed by atoms with Crippen molar-refractivity contribution in [2.45, 2.75) is 76.4 Å². The van der Waals surface area contributed by atoms with Gasteiger partial charge in [-0.25, -0.2) is 8.78 Å². The lowest BCUT2D eigenvalue weighted by atomic mass is 9.88. The molecule has 2 unspecified atom stereocenters. The average Bonchev–Trinajstić information content (AvgIpc) is 3.12. The molecule has 184 valence electrons. The standard InChI is InChI=1S/C23H26F4N4O3/c1-21(11-23(21,26)27)19(33)29-15-5-3-4-6-16(15)31-10-13-8-7-12(9-14(13)18(31)32)17(28)30-20(34)22(2,24)25/h7-9,15-16H,3-6,10-11H2,1-2H3,(H,29,33)(H2,28,30,34)/t15-,16?,21?/m1/s1. The highest BCUT2D eigenvalue weighted by molar-refractivity contribution is 6.09. The number of rotatable bonds is 5. The summed E-state index contributed by atoms with van der Waals surface area (Å²) in [7, 11) is 0. The van der Waals surface area contributed by atoms with E-state index in [-0.39, 0.29) is 29.6 Å². The van der Waals surface area contributed by atoms with Crippen LogP contribution in [0.5, 0.6) is 0 Å². The van der Waals surface area contributed by atoms with E-state index in [0.29, 0.717) is 25.3 Å². The molecule has 2 aliphatic carbocycles. The van der Waals surface area contributed by atoms with Gasteiger partial charge >= 0.3 is 5.92 Å². The molecule has 7 nitrogen and oxygen atoms in total. The molecular weight excluding hydrogens is 456 g/mol. The zero-order valence-corrected chi connectivity index (χ0v) is 18.8. The van der Waals surface area contributed by atoms with Crippen LogP contribution in [0.25, 0.3) is 0 Å². The summed E-state index contributed by atoms with van der Waals surface area (Å²) in [6.45, 7) is 1.90. The Morgan fingerprint density at radius 2 is 1.85 bits per heavy atom. The van der Waals surface area contributed by atoms with E-state index in [1.807, 2.05) is 5.32 Å². The quantitative estimate of drug-likeness (QED) is 0.341. The Morgan fingerprint density at radius 3 is 2.47 bits per heavy atom. The van der Waals surface area contributed by atoms with Crippen LogP contribution in [-0.4, -0.2) is 52.4 Å². The van der Waals surface area contributed by atoms with Crippen molar-refractivity contribution >= 4 is 23.6 Å². The lowest BCUT2D eigenvalue weighted by Crippen LogP contribution is -2.54. The van der Waals surface area contributed by atoms with Gasteiger partial charge in [-0.2, -0.15) is 8.78 Å². The van der Waals surface area contributed by atoms with E-state index in [1.165, 1.54) is 19.1 Å². The normalized spacial score (nSPS) is 27.7. The molecule has 3 aliphatic rings. The van der Waals surface area contributed by atoms with Gasteiger partial charge in [0.2, 0.25) is 5.91 Å². The molecule has 3 amide bonds. The van der Waals surface area contributed by atoms with Gasteiger partial charge in [0.1, 0.15) is 11.3 Å². The van der Waals surface area contributed by atoms with Gasteiger partial charge in [0.05, 0.1) is 6.04 Å². The number of amides is 3. The SMILES string of the molecule is CC(F)(F)C(=O)NC(=N)c1ccc2c(c1)C(=O)N(C1CCCC[C@H]1NC(=O)C1(C)CC1(F)F)C2. The summed E-state index contributed by atoms with van der Waals surface area (Å²) in [5, 5.41) is 12.5. The molecule has 1 aromatic rings. The number of hydrogen-bond donors (Lipinski definition) is 3. The van der Waals surface area contributed by atoms with Crippen molar-refractivity contribution in [1.29, 1.82) is 5.41 Å². The van der Waals surface area contributed by atoms with Crippen LogP contribution in [0.4, 0.5) is 17.6 Å². The van der Waals surface area contributed by atoms with Crippen LogP contribution in [0.1, 0.15) is 67.4 Å². The number of fused-ring (bicyclic) bond motifs is 1. The minimum absolute atomic E-state index is 0.101. The number of benzene rings is 1. The van der Waals surface area contributed by atoms with Crippen molar-refractivity contribution in [3.05, 3.63) is 34.9 Å². The summed E-state index contributed by atoms with van der Waals surface area (Å²) in [5.74, 6) is -9.93. The molecule has 3 atom stereocenters. The van der Waals surface area contributed by atoms with Crippen LogP contribution in [0, 0.1) is 10.8 Å². The second-order valence-electron chi connectivity index (χ2n) is 9.67. The van der Waals surface area contributed by atoms with Gasteiger partial charge in [-0.1, -0.05) is 25.0 Å². The number of nitrogens with zero attached hydrogens (tertiary/aromatic N) is 1. The molecule has 0 aromatic heterocycles. The minimum atomic E-state index is -3.66. The molecule has 11 heteroatoms. The summed E-state index contributed by atoms with van der Waals surface area (Å²) in [4.78, 5) is 38.8. The number of carbonyl (C=O) groups excluding carboxylic acids is 3. The van der Waals surface area contributed by atoms with Crippen molar-refractivity contribution in [2.75, 3.05) is 0 Å². The van der Waals surface area contributed by atoms with Crippen LogP contribution in [0.2, 0.25) is 0 Å². The van der Waals surface area contributed by atoms with Gasteiger partial charge in [-0.05, 0) is 31.4 Å². The highest BCUT2D eigenvalue weighted by atomic mass is 19.3. The fourth-order valence-electron chi connectivity index (χ4n) is 4.67. The van der Waals surface area contributed by atoms with Crippen molar-refractivity contribution in [1.82, 2.24) is 15.5 Å².